The van der Waals surface area contributed by atoms with Gasteiger partial charge in [0.05, 0.1) is 6.04 Å². The highest BCUT2D eigenvalue weighted by Crippen LogP contribution is 2.24. The van der Waals surface area contributed by atoms with Gasteiger partial charge in [-0.25, -0.2) is 0 Å². The van der Waals surface area contributed by atoms with Crippen LogP contribution in [0.4, 0.5) is 5.69 Å². The number of aryl methyl sites for hydroxylation is 2. The zero-order valence-corrected chi connectivity index (χ0v) is 16.5. The van der Waals surface area contributed by atoms with Gasteiger partial charge in [-0.1, -0.05) is 30.3 Å². The largest absolute Gasteiger partial charge is 0.329 e. The predicted octanol–water partition coefficient (Wildman–Crippen LogP) is 2.95. The molecule has 0 spiro atoms. The van der Waals surface area contributed by atoms with Gasteiger partial charge in [0.1, 0.15) is 6.04 Å². The predicted molar refractivity (Wildman–Crippen MR) is 110 cm³/mol. The Morgan fingerprint density at radius 3 is 2.54 bits per heavy atom. The van der Waals surface area contributed by atoms with Crippen LogP contribution in [-0.4, -0.2) is 35.3 Å². The average Bonchev–Trinajstić information content (AvgIpc) is 3.16. The lowest BCUT2D eigenvalue weighted by molar-refractivity contribution is -0.138. The van der Waals surface area contributed by atoms with E-state index in [1.807, 2.05) is 38.1 Å². The minimum atomic E-state index is -0.396. The number of anilines is 1. The zero-order valence-electron chi connectivity index (χ0n) is 16.5. The van der Waals surface area contributed by atoms with Crippen molar-refractivity contribution >= 4 is 17.5 Å². The van der Waals surface area contributed by atoms with E-state index in [-0.39, 0.29) is 17.9 Å². The van der Waals surface area contributed by atoms with Gasteiger partial charge in [0.2, 0.25) is 11.8 Å². The maximum atomic E-state index is 13.2. The van der Waals surface area contributed by atoms with Gasteiger partial charge in [0.25, 0.3) is 0 Å². The molecule has 0 saturated carbocycles. The van der Waals surface area contributed by atoms with Gasteiger partial charge in [-0.2, -0.15) is 0 Å². The number of likely N-dealkylation sites (tertiary alicyclic amines) is 1. The van der Waals surface area contributed by atoms with E-state index in [9.17, 15) is 9.59 Å². The summed E-state index contributed by atoms with van der Waals surface area (Å²) in [5.74, 6) is -0.0559. The fraction of sp³-hybridized carbons (Fsp3) is 0.391. The summed E-state index contributed by atoms with van der Waals surface area (Å²) in [4.78, 5) is 27.8. The van der Waals surface area contributed by atoms with E-state index in [0.717, 1.165) is 23.2 Å². The highest BCUT2D eigenvalue weighted by atomic mass is 16.2. The van der Waals surface area contributed by atoms with Crippen molar-refractivity contribution < 1.29 is 9.59 Å². The summed E-state index contributed by atoms with van der Waals surface area (Å²) in [6.07, 6.45) is 2.25. The molecule has 2 amide bonds. The van der Waals surface area contributed by atoms with Crippen molar-refractivity contribution in [2.24, 2.45) is 0 Å². The van der Waals surface area contributed by atoms with Crippen LogP contribution in [0.5, 0.6) is 0 Å². The Balaban J connectivity index is 1.45. The van der Waals surface area contributed by atoms with Crippen molar-refractivity contribution in [3.8, 4) is 0 Å². The van der Waals surface area contributed by atoms with Gasteiger partial charge in [0.15, 0.2) is 0 Å². The second-order valence-electron chi connectivity index (χ2n) is 7.96. The van der Waals surface area contributed by atoms with Crippen LogP contribution in [0.25, 0.3) is 0 Å². The molecule has 2 aliphatic rings. The summed E-state index contributed by atoms with van der Waals surface area (Å²) in [5, 5.41) is 6.37. The van der Waals surface area contributed by atoms with E-state index in [4.69, 9.17) is 0 Å². The molecule has 0 unspecified atom stereocenters. The van der Waals surface area contributed by atoms with Crippen LogP contribution in [0.15, 0.2) is 42.5 Å². The number of nitrogens with one attached hydrogen (secondary N) is 2. The molecule has 5 nitrogen and oxygen atoms in total. The lowest BCUT2D eigenvalue weighted by Gasteiger charge is -2.31. The monoisotopic (exact) mass is 377 g/mol. The average molecular weight is 377 g/mol. The molecule has 2 heterocycles. The smallest absolute Gasteiger partial charge is 0.247 e. The molecule has 1 fully saturated rings. The summed E-state index contributed by atoms with van der Waals surface area (Å²) < 4.78 is 0. The van der Waals surface area contributed by atoms with Crippen LogP contribution in [-0.2, 0) is 22.6 Å². The molecule has 0 aromatic heterocycles. The second-order valence-corrected chi connectivity index (χ2v) is 7.96. The third kappa shape index (κ3) is 3.80. The molecule has 1 saturated heterocycles. The van der Waals surface area contributed by atoms with Crippen LogP contribution in [0, 0.1) is 13.8 Å². The number of rotatable bonds is 3. The van der Waals surface area contributed by atoms with Crippen molar-refractivity contribution in [1.29, 1.82) is 0 Å². The molecule has 2 aromatic rings. The molecule has 4 rings (SSSR count). The molecule has 0 radical (unpaired) electrons. The van der Waals surface area contributed by atoms with Crippen molar-refractivity contribution in [3.63, 3.8) is 0 Å². The standard InChI is InChI=1S/C23H27N3O2/c1-15-10-16(2)12-19(11-15)25-22(27)21-8-5-9-26(21)23(28)20-13-17-6-3-4-7-18(17)14-24-20/h3-4,6-7,10-12,20-21,24H,5,8-9,13-14H2,1-2H3,(H,25,27)/t20-,21+/m0/s1. The summed E-state index contributed by atoms with van der Waals surface area (Å²) in [6.45, 7) is 5.37. The zero-order chi connectivity index (χ0) is 19.7. The van der Waals surface area contributed by atoms with Gasteiger partial charge < -0.3 is 15.5 Å². The van der Waals surface area contributed by atoms with Gasteiger partial charge in [-0.05, 0) is 67.5 Å². The van der Waals surface area contributed by atoms with E-state index in [1.165, 1.54) is 11.1 Å². The molecule has 2 N–H and O–H groups in total. The normalized spacial score (nSPS) is 21.3. The molecule has 28 heavy (non-hydrogen) atoms. The Hall–Kier alpha value is -2.66. The number of nitrogens with zero attached hydrogens (tertiary/aromatic N) is 1. The number of amides is 2. The first-order chi connectivity index (χ1) is 13.5. The number of carbonyl (C=O) groups excluding carboxylic acids is 2. The minimum absolute atomic E-state index is 0.0348. The van der Waals surface area contributed by atoms with Gasteiger partial charge in [-0.15, -0.1) is 0 Å². The third-order valence-corrected chi connectivity index (χ3v) is 5.71. The lowest BCUT2D eigenvalue weighted by atomic mass is 9.95. The Morgan fingerprint density at radius 1 is 1.07 bits per heavy atom. The maximum Gasteiger partial charge on any atom is 0.247 e. The number of benzene rings is 2. The quantitative estimate of drug-likeness (QED) is 0.865. The van der Waals surface area contributed by atoms with Crippen LogP contribution < -0.4 is 10.6 Å². The number of fused-ring (bicyclic) bond motifs is 1. The first-order valence-electron chi connectivity index (χ1n) is 10.0. The molecule has 146 valence electrons. The fourth-order valence-electron chi connectivity index (χ4n) is 4.40. The molecule has 2 aromatic carbocycles. The van der Waals surface area contributed by atoms with E-state index in [2.05, 4.69) is 28.8 Å². The highest BCUT2D eigenvalue weighted by molar-refractivity contribution is 5.98. The van der Waals surface area contributed by atoms with E-state index < -0.39 is 6.04 Å². The van der Waals surface area contributed by atoms with Gasteiger partial charge in [-0.3, -0.25) is 9.59 Å². The third-order valence-electron chi connectivity index (χ3n) is 5.71. The number of hydrogen-bond donors (Lipinski definition) is 2. The molecule has 2 atom stereocenters. The van der Waals surface area contributed by atoms with Crippen LogP contribution in [0.2, 0.25) is 0 Å². The molecule has 2 aliphatic heterocycles. The Bertz CT molecular complexity index is 888. The number of hydrogen-bond acceptors (Lipinski definition) is 3. The van der Waals surface area contributed by atoms with Crippen molar-refractivity contribution in [1.82, 2.24) is 10.2 Å². The first kappa shape index (κ1) is 18.7. The van der Waals surface area contributed by atoms with Crippen LogP contribution in [0.1, 0.15) is 35.1 Å². The van der Waals surface area contributed by atoms with Crippen LogP contribution in [0.3, 0.4) is 0 Å². The lowest BCUT2D eigenvalue weighted by Crippen LogP contribution is -2.53. The maximum absolute atomic E-state index is 13.2. The topological polar surface area (TPSA) is 61.4 Å². The summed E-state index contributed by atoms with van der Waals surface area (Å²) >= 11 is 0. The first-order valence-corrected chi connectivity index (χ1v) is 10.0. The molecular formula is C23H27N3O2. The fourth-order valence-corrected chi connectivity index (χ4v) is 4.40. The SMILES string of the molecule is Cc1cc(C)cc(NC(=O)[C@H]2CCCN2C(=O)[C@@H]2Cc3ccccc3CN2)c1. The van der Waals surface area contributed by atoms with E-state index in [1.54, 1.807) is 4.90 Å². The molecular weight excluding hydrogens is 350 g/mol. The summed E-state index contributed by atoms with van der Waals surface area (Å²) in [5.41, 5.74) is 5.48. The molecule has 5 heteroatoms. The Morgan fingerprint density at radius 2 is 1.79 bits per heavy atom. The van der Waals surface area contributed by atoms with Crippen LogP contribution >= 0.6 is 0 Å². The molecule has 0 aliphatic carbocycles. The van der Waals surface area contributed by atoms with Gasteiger partial charge >= 0.3 is 0 Å². The molecule has 0 bridgehead atoms. The van der Waals surface area contributed by atoms with Crippen molar-refractivity contribution in [2.75, 3.05) is 11.9 Å². The minimum Gasteiger partial charge on any atom is -0.329 e. The Kier molecular flexibility index (Phi) is 5.18. The summed E-state index contributed by atoms with van der Waals surface area (Å²) in [6, 6.07) is 13.6. The summed E-state index contributed by atoms with van der Waals surface area (Å²) in [7, 11) is 0. The van der Waals surface area contributed by atoms with E-state index >= 15 is 0 Å². The van der Waals surface area contributed by atoms with Crippen molar-refractivity contribution in [3.05, 3.63) is 64.7 Å². The second kappa shape index (κ2) is 7.76. The highest BCUT2D eigenvalue weighted by Gasteiger charge is 2.38. The van der Waals surface area contributed by atoms with Gasteiger partial charge in [0, 0.05) is 18.8 Å². The Labute approximate surface area is 166 Å². The van der Waals surface area contributed by atoms with Crippen molar-refractivity contribution in [2.45, 2.75) is 51.7 Å². The number of carbonyl (C=O) groups is 2. The van der Waals surface area contributed by atoms with E-state index in [0.29, 0.717) is 25.9 Å².